The summed E-state index contributed by atoms with van der Waals surface area (Å²) >= 11 is 1.32. The van der Waals surface area contributed by atoms with Crippen LogP contribution in [0, 0.1) is 0 Å². The molecule has 0 atom stereocenters. The number of hydrogen-bond acceptors (Lipinski definition) is 6. The molecule has 7 nitrogen and oxygen atoms in total. The summed E-state index contributed by atoms with van der Waals surface area (Å²) in [6.07, 6.45) is 0. The number of carbonyl (C=O) groups is 1. The summed E-state index contributed by atoms with van der Waals surface area (Å²) in [5, 5.41) is 5.07. The van der Waals surface area contributed by atoms with Crippen molar-refractivity contribution in [2.45, 2.75) is 13.5 Å². The number of rotatable bonds is 6. The van der Waals surface area contributed by atoms with Gasteiger partial charge in [0.25, 0.3) is 0 Å². The van der Waals surface area contributed by atoms with Crippen molar-refractivity contribution in [1.82, 2.24) is 9.55 Å². The molecule has 1 N–H and O–H groups in total. The molecular weight excluding hydrogens is 378 g/mol. The van der Waals surface area contributed by atoms with Crippen molar-refractivity contribution in [3.8, 4) is 17.0 Å². The van der Waals surface area contributed by atoms with Crippen LogP contribution in [0.2, 0.25) is 0 Å². The second kappa shape index (κ2) is 7.69. The van der Waals surface area contributed by atoms with Crippen LogP contribution in [-0.4, -0.2) is 22.1 Å². The molecule has 2 aromatic carbocycles. The summed E-state index contributed by atoms with van der Waals surface area (Å²) in [7, 11) is 0. The Morgan fingerprint density at radius 2 is 2.00 bits per heavy atom. The molecule has 28 heavy (non-hydrogen) atoms. The van der Waals surface area contributed by atoms with Gasteiger partial charge in [-0.15, -0.1) is 11.3 Å². The zero-order chi connectivity index (χ0) is 19.5. The monoisotopic (exact) mass is 395 g/mol. The predicted octanol–water partition coefficient (Wildman–Crippen LogP) is 3.76. The number of oxazole rings is 1. The summed E-state index contributed by atoms with van der Waals surface area (Å²) in [4.78, 5) is 28.8. The fourth-order valence-corrected chi connectivity index (χ4v) is 3.55. The standard InChI is InChI=1S/C20H17N3O4S/c1-2-26-14-9-7-13(8-10-14)15-12-28-19(21-15)22-18(24)11-23-16-5-3-4-6-17(16)27-20(23)25/h3-10,12H,2,11H2,1H3,(H,21,22,24). The van der Waals surface area contributed by atoms with Gasteiger partial charge < -0.3 is 14.5 Å². The fraction of sp³-hybridized carbons (Fsp3) is 0.150. The zero-order valence-electron chi connectivity index (χ0n) is 15.0. The van der Waals surface area contributed by atoms with E-state index in [1.165, 1.54) is 15.9 Å². The molecule has 2 heterocycles. The van der Waals surface area contributed by atoms with Gasteiger partial charge in [0, 0.05) is 10.9 Å². The van der Waals surface area contributed by atoms with Gasteiger partial charge in [0.2, 0.25) is 5.91 Å². The summed E-state index contributed by atoms with van der Waals surface area (Å²) in [6, 6.07) is 14.6. The first-order valence-electron chi connectivity index (χ1n) is 8.71. The topological polar surface area (TPSA) is 86.4 Å². The molecule has 4 rings (SSSR count). The Kier molecular flexibility index (Phi) is 4.94. The highest BCUT2D eigenvalue weighted by atomic mass is 32.1. The van der Waals surface area contributed by atoms with E-state index >= 15 is 0 Å². The van der Waals surface area contributed by atoms with E-state index in [4.69, 9.17) is 9.15 Å². The Hall–Kier alpha value is -3.39. The Balaban J connectivity index is 1.47. The van der Waals surface area contributed by atoms with Gasteiger partial charge in [-0.25, -0.2) is 9.78 Å². The van der Waals surface area contributed by atoms with Crippen molar-refractivity contribution >= 4 is 33.5 Å². The van der Waals surface area contributed by atoms with Crippen molar-refractivity contribution in [2.24, 2.45) is 0 Å². The van der Waals surface area contributed by atoms with Crippen LogP contribution >= 0.6 is 11.3 Å². The normalized spacial score (nSPS) is 10.9. The van der Waals surface area contributed by atoms with Crippen LogP contribution in [0.15, 0.2) is 63.1 Å². The van der Waals surface area contributed by atoms with E-state index in [1.54, 1.807) is 24.3 Å². The Labute approximate surface area is 164 Å². The van der Waals surface area contributed by atoms with Crippen molar-refractivity contribution in [3.63, 3.8) is 0 Å². The number of fused-ring (bicyclic) bond motifs is 1. The van der Waals surface area contributed by atoms with Crippen molar-refractivity contribution in [1.29, 1.82) is 0 Å². The fourth-order valence-electron chi connectivity index (χ4n) is 2.82. The van der Waals surface area contributed by atoms with E-state index in [9.17, 15) is 9.59 Å². The lowest BCUT2D eigenvalue weighted by molar-refractivity contribution is -0.116. The zero-order valence-corrected chi connectivity index (χ0v) is 15.9. The van der Waals surface area contributed by atoms with E-state index < -0.39 is 5.76 Å². The average Bonchev–Trinajstić information content (AvgIpc) is 3.27. The molecule has 1 amide bonds. The number of para-hydroxylation sites is 2. The Bertz CT molecular complexity index is 1170. The maximum Gasteiger partial charge on any atom is 0.420 e. The molecule has 0 unspecified atom stereocenters. The Morgan fingerprint density at radius 3 is 2.79 bits per heavy atom. The van der Waals surface area contributed by atoms with Crippen molar-refractivity contribution < 1.29 is 13.9 Å². The molecule has 0 aliphatic rings. The summed E-state index contributed by atoms with van der Waals surface area (Å²) in [5.74, 6) is -0.111. The first-order chi connectivity index (χ1) is 13.6. The lowest BCUT2D eigenvalue weighted by atomic mass is 10.2. The first-order valence-corrected chi connectivity index (χ1v) is 9.59. The molecule has 8 heteroatoms. The van der Waals surface area contributed by atoms with Crippen LogP contribution < -0.4 is 15.8 Å². The number of aromatic nitrogens is 2. The highest BCUT2D eigenvalue weighted by Crippen LogP contribution is 2.26. The van der Waals surface area contributed by atoms with Gasteiger partial charge >= 0.3 is 5.76 Å². The van der Waals surface area contributed by atoms with Gasteiger partial charge in [0.1, 0.15) is 12.3 Å². The average molecular weight is 395 g/mol. The maximum atomic E-state index is 12.4. The van der Waals surface area contributed by atoms with E-state index in [0.29, 0.717) is 22.8 Å². The molecule has 0 saturated heterocycles. The van der Waals surface area contributed by atoms with Gasteiger partial charge in [-0.3, -0.25) is 9.36 Å². The lowest BCUT2D eigenvalue weighted by Gasteiger charge is -2.04. The number of ether oxygens (including phenoxy) is 1. The van der Waals surface area contributed by atoms with Crippen LogP contribution in [0.3, 0.4) is 0 Å². The number of anilines is 1. The molecule has 0 aliphatic carbocycles. The SMILES string of the molecule is CCOc1ccc(-c2csc(NC(=O)Cn3c(=O)oc4ccccc43)n2)cc1. The number of benzene rings is 2. The molecular formula is C20H17N3O4S. The van der Waals surface area contributed by atoms with Gasteiger partial charge in [0.15, 0.2) is 10.7 Å². The minimum atomic E-state index is -0.564. The molecule has 0 bridgehead atoms. The third kappa shape index (κ3) is 3.67. The van der Waals surface area contributed by atoms with Crippen LogP contribution in [-0.2, 0) is 11.3 Å². The Morgan fingerprint density at radius 1 is 1.21 bits per heavy atom. The molecule has 142 valence electrons. The minimum absolute atomic E-state index is 0.145. The molecule has 0 radical (unpaired) electrons. The number of hydrogen-bond donors (Lipinski definition) is 1. The van der Waals surface area contributed by atoms with Crippen molar-refractivity contribution in [3.05, 3.63) is 64.5 Å². The molecule has 0 saturated carbocycles. The van der Waals surface area contributed by atoms with Gasteiger partial charge in [-0.2, -0.15) is 0 Å². The van der Waals surface area contributed by atoms with Crippen LogP contribution in [0.4, 0.5) is 5.13 Å². The van der Waals surface area contributed by atoms with Crippen LogP contribution in [0.1, 0.15) is 6.92 Å². The smallest absolute Gasteiger partial charge is 0.420 e. The molecule has 2 aromatic heterocycles. The lowest BCUT2D eigenvalue weighted by Crippen LogP contribution is -2.24. The number of amides is 1. The third-order valence-corrected chi connectivity index (χ3v) is 4.84. The number of nitrogens with one attached hydrogen (secondary N) is 1. The molecule has 0 spiro atoms. The number of thiazole rings is 1. The van der Waals surface area contributed by atoms with E-state index in [1.807, 2.05) is 36.6 Å². The highest BCUT2D eigenvalue weighted by Gasteiger charge is 2.14. The molecule has 0 aliphatic heterocycles. The summed E-state index contributed by atoms with van der Waals surface area (Å²) < 4.78 is 11.9. The predicted molar refractivity (Wildman–Crippen MR) is 108 cm³/mol. The molecule has 4 aromatic rings. The maximum absolute atomic E-state index is 12.4. The summed E-state index contributed by atoms with van der Waals surface area (Å²) in [6.45, 7) is 2.40. The van der Waals surface area contributed by atoms with Gasteiger partial charge in [-0.05, 0) is 43.3 Å². The van der Waals surface area contributed by atoms with Gasteiger partial charge in [-0.1, -0.05) is 12.1 Å². The van der Waals surface area contributed by atoms with E-state index in [0.717, 1.165) is 17.0 Å². The molecule has 0 fully saturated rings. The van der Waals surface area contributed by atoms with Crippen molar-refractivity contribution in [2.75, 3.05) is 11.9 Å². The number of carbonyl (C=O) groups excluding carboxylic acids is 1. The minimum Gasteiger partial charge on any atom is -0.494 e. The van der Waals surface area contributed by atoms with Crippen LogP contribution in [0.25, 0.3) is 22.4 Å². The quantitative estimate of drug-likeness (QED) is 0.537. The second-order valence-corrected chi connectivity index (χ2v) is 6.82. The highest BCUT2D eigenvalue weighted by molar-refractivity contribution is 7.14. The van der Waals surface area contributed by atoms with E-state index in [2.05, 4.69) is 10.3 Å². The largest absolute Gasteiger partial charge is 0.494 e. The van der Waals surface area contributed by atoms with E-state index in [-0.39, 0.29) is 12.5 Å². The first kappa shape index (κ1) is 18.0. The van der Waals surface area contributed by atoms with Gasteiger partial charge in [0.05, 0.1) is 17.8 Å². The number of nitrogens with zero attached hydrogens (tertiary/aromatic N) is 2. The van der Waals surface area contributed by atoms with Crippen LogP contribution in [0.5, 0.6) is 5.75 Å². The second-order valence-electron chi connectivity index (χ2n) is 5.97. The summed E-state index contributed by atoms with van der Waals surface area (Å²) in [5.41, 5.74) is 2.72. The third-order valence-electron chi connectivity index (χ3n) is 4.09.